The molecular formula is C20H36N4O7. The number of aliphatic carboxylic acids is 2. The number of nitrogens with one attached hydrogen (secondary N) is 3. The maximum atomic E-state index is 12.8. The van der Waals surface area contributed by atoms with Crippen LogP contribution in [0.2, 0.25) is 0 Å². The van der Waals surface area contributed by atoms with E-state index in [0.717, 1.165) is 0 Å². The summed E-state index contributed by atoms with van der Waals surface area (Å²) in [4.78, 5) is 59.7. The fraction of sp³-hybridized carbons (Fsp3) is 0.750. The maximum absolute atomic E-state index is 12.8. The number of rotatable bonds is 14. The van der Waals surface area contributed by atoms with Gasteiger partial charge in [0.1, 0.15) is 18.1 Å². The monoisotopic (exact) mass is 444 g/mol. The van der Waals surface area contributed by atoms with Crippen LogP contribution in [0.3, 0.4) is 0 Å². The molecule has 0 aromatic rings. The molecule has 3 amide bonds. The smallest absolute Gasteiger partial charge is 0.325 e. The van der Waals surface area contributed by atoms with Crippen molar-refractivity contribution in [2.45, 2.75) is 84.5 Å². The van der Waals surface area contributed by atoms with Gasteiger partial charge in [-0.1, -0.05) is 34.1 Å². The van der Waals surface area contributed by atoms with Crippen molar-refractivity contribution in [1.82, 2.24) is 16.0 Å². The molecule has 11 heteroatoms. The Morgan fingerprint density at radius 2 is 1.45 bits per heavy atom. The second kappa shape index (κ2) is 13.6. The van der Waals surface area contributed by atoms with E-state index in [1.54, 1.807) is 13.8 Å². The average molecular weight is 445 g/mol. The zero-order chi connectivity index (χ0) is 24.3. The molecule has 11 nitrogen and oxygen atoms in total. The first kappa shape index (κ1) is 28.3. The van der Waals surface area contributed by atoms with Crippen LogP contribution < -0.4 is 21.7 Å². The van der Waals surface area contributed by atoms with Crippen molar-refractivity contribution in [2.75, 3.05) is 0 Å². The highest BCUT2D eigenvalue weighted by Gasteiger charge is 2.32. The number of carbonyl (C=O) groups excluding carboxylic acids is 3. The lowest BCUT2D eigenvalue weighted by Crippen LogP contribution is -2.58. The molecule has 0 aromatic heterocycles. The van der Waals surface area contributed by atoms with Crippen LogP contribution in [-0.4, -0.2) is 64.0 Å². The normalized spacial score (nSPS) is 15.8. The molecule has 0 fully saturated rings. The van der Waals surface area contributed by atoms with E-state index in [2.05, 4.69) is 16.0 Å². The standard InChI is InChI=1S/C20H36N4O7/c1-6-11(4)16(19(29)22-12(5)20(30)31)24-18(28)14(7-8-15(25)26)23-17(27)13(21)9-10(2)3/h10-14,16H,6-9,21H2,1-5H3,(H,22,29)(H,23,27)(H,24,28)(H,25,26)(H,30,31). The summed E-state index contributed by atoms with van der Waals surface area (Å²) < 4.78 is 0. The molecule has 0 radical (unpaired) electrons. The van der Waals surface area contributed by atoms with Gasteiger partial charge in [-0.25, -0.2) is 0 Å². The van der Waals surface area contributed by atoms with Gasteiger partial charge >= 0.3 is 11.9 Å². The molecule has 0 aromatic carbocycles. The molecule has 31 heavy (non-hydrogen) atoms. The van der Waals surface area contributed by atoms with Gasteiger partial charge in [-0.2, -0.15) is 0 Å². The summed E-state index contributed by atoms with van der Waals surface area (Å²) in [5.74, 6) is -4.60. The number of nitrogens with two attached hydrogens (primary N) is 1. The second-order valence-corrected chi connectivity index (χ2v) is 8.17. The molecule has 178 valence electrons. The Labute approximate surface area is 182 Å². The van der Waals surface area contributed by atoms with E-state index in [-0.39, 0.29) is 24.7 Å². The predicted molar refractivity (Wildman–Crippen MR) is 113 cm³/mol. The van der Waals surface area contributed by atoms with Gasteiger partial charge < -0.3 is 31.9 Å². The van der Waals surface area contributed by atoms with Crippen LogP contribution in [0.4, 0.5) is 0 Å². The molecule has 0 aliphatic heterocycles. The highest BCUT2D eigenvalue weighted by Crippen LogP contribution is 2.10. The number of carboxylic acid groups (broad SMARTS) is 2. The van der Waals surface area contributed by atoms with Gasteiger partial charge in [0.15, 0.2) is 0 Å². The van der Waals surface area contributed by atoms with Crippen molar-refractivity contribution in [3.8, 4) is 0 Å². The Bertz CT molecular complexity index is 653. The van der Waals surface area contributed by atoms with Crippen LogP contribution in [0.25, 0.3) is 0 Å². The van der Waals surface area contributed by atoms with Crippen molar-refractivity contribution in [3.63, 3.8) is 0 Å². The Morgan fingerprint density at radius 1 is 0.871 bits per heavy atom. The molecule has 0 heterocycles. The summed E-state index contributed by atoms with van der Waals surface area (Å²) in [6.07, 6.45) is 0.311. The van der Waals surface area contributed by atoms with Crippen LogP contribution in [-0.2, 0) is 24.0 Å². The third-order valence-electron chi connectivity index (χ3n) is 4.86. The van der Waals surface area contributed by atoms with Crippen LogP contribution >= 0.6 is 0 Å². The Morgan fingerprint density at radius 3 is 1.90 bits per heavy atom. The highest BCUT2D eigenvalue weighted by molar-refractivity contribution is 5.94. The first-order valence-corrected chi connectivity index (χ1v) is 10.4. The Hall–Kier alpha value is -2.69. The van der Waals surface area contributed by atoms with Gasteiger partial charge in [-0.3, -0.25) is 24.0 Å². The molecule has 5 unspecified atom stereocenters. The van der Waals surface area contributed by atoms with Crippen molar-refractivity contribution < 1.29 is 34.2 Å². The van der Waals surface area contributed by atoms with E-state index >= 15 is 0 Å². The molecule has 0 saturated carbocycles. The quantitative estimate of drug-likeness (QED) is 0.213. The number of carboxylic acids is 2. The molecular weight excluding hydrogens is 408 g/mol. The highest BCUT2D eigenvalue weighted by atomic mass is 16.4. The maximum Gasteiger partial charge on any atom is 0.325 e. The molecule has 0 bridgehead atoms. The lowest BCUT2D eigenvalue weighted by atomic mass is 9.97. The largest absolute Gasteiger partial charge is 0.481 e. The topological polar surface area (TPSA) is 188 Å². The number of hydrogen-bond acceptors (Lipinski definition) is 6. The molecule has 0 spiro atoms. The van der Waals surface area contributed by atoms with E-state index in [1.165, 1.54) is 6.92 Å². The SMILES string of the molecule is CCC(C)C(NC(=O)C(CCC(=O)O)NC(=O)C(N)CC(C)C)C(=O)NC(C)C(=O)O. The van der Waals surface area contributed by atoms with E-state index in [9.17, 15) is 24.0 Å². The number of amides is 3. The van der Waals surface area contributed by atoms with Gasteiger partial charge in [0.25, 0.3) is 0 Å². The van der Waals surface area contributed by atoms with Crippen molar-refractivity contribution >= 4 is 29.7 Å². The molecule has 0 aliphatic rings. The van der Waals surface area contributed by atoms with Crippen molar-refractivity contribution in [3.05, 3.63) is 0 Å². The van der Waals surface area contributed by atoms with Gasteiger partial charge in [0, 0.05) is 6.42 Å². The second-order valence-electron chi connectivity index (χ2n) is 8.17. The Balaban J connectivity index is 5.46. The zero-order valence-corrected chi connectivity index (χ0v) is 18.8. The summed E-state index contributed by atoms with van der Waals surface area (Å²) in [7, 11) is 0. The number of hydrogen-bond donors (Lipinski definition) is 6. The molecule has 5 atom stereocenters. The lowest BCUT2D eigenvalue weighted by molar-refractivity contribution is -0.142. The summed E-state index contributed by atoms with van der Waals surface area (Å²) >= 11 is 0. The van der Waals surface area contributed by atoms with Crippen molar-refractivity contribution in [1.29, 1.82) is 0 Å². The lowest BCUT2D eigenvalue weighted by Gasteiger charge is -2.27. The summed E-state index contributed by atoms with van der Waals surface area (Å²) in [6.45, 7) is 8.57. The summed E-state index contributed by atoms with van der Waals surface area (Å²) in [5.41, 5.74) is 5.85. The van der Waals surface area contributed by atoms with Crippen LogP contribution in [0.1, 0.15) is 60.3 Å². The third-order valence-corrected chi connectivity index (χ3v) is 4.86. The minimum atomic E-state index is -1.23. The van der Waals surface area contributed by atoms with Crippen LogP contribution in [0.15, 0.2) is 0 Å². The molecule has 0 rings (SSSR count). The fourth-order valence-electron chi connectivity index (χ4n) is 2.75. The first-order valence-electron chi connectivity index (χ1n) is 10.4. The van der Waals surface area contributed by atoms with Gasteiger partial charge in [-0.15, -0.1) is 0 Å². The summed E-state index contributed by atoms with van der Waals surface area (Å²) in [5, 5.41) is 25.3. The molecule has 7 N–H and O–H groups in total. The number of carbonyl (C=O) groups is 5. The predicted octanol–water partition coefficient (Wildman–Crippen LogP) is -0.170. The zero-order valence-electron chi connectivity index (χ0n) is 18.8. The van der Waals surface area contributed by atoms with E-state index < -0.39 is 53.8 Å². The minimum Gasteiger partial charge on any atom is -0.481 e. The van der Waals surface area contributed by atoms with Gasteiger partial charge in [0.2, 0.25) is 17.7 Å². The van der Waals surface area contributed by atoms with Gasteiger partial charge in [-0.05, 0) is 31.6 Å². The van der Waals surface area contributed by atoms with Crippen LogP contribution in [0, 0.1) is 11.8 Å². The van der Waals surface area contributed by atoms with E-state index in [4.69, 9.17) is 15.9 Å². The van der Waals surface area contributed by atoms with Gasteiger partial charge in [0.05, 0.1) is 6.04 Å². The van der Waals surface area contributed by atoms with Crippen molar-refractivity contribution in [2.24, 2.45) is 17.6 Å². The average Bonchev–Trinajstić information content (AvgIpc) is 2.67. The first-order chi connectivity index (χ1) is 14.3. The minimum absolute atomic E-state index is 0.141. The van der Waals surface area contributed by atoms with E-state index in [0.29, 0.717) is 12.8 Å². The molecule has 0 aliphatic carbocycles. The van der Waals surface area contributed by atoms with E-state index in [1.807, 2.05) is 13.8 Å². The van der Waals surface area contributed by atoms with Crippen LogP contribution in [0.5, 0.6) is 0 Å². The Kier molecular flexibility index (Phi) is 12.4. The summed E-state index contributed by atoms with van der Waals surface area (Å²) in [6, 6.07) is -4.30. The third kappa shape index (κ3) is 10.8. The molecule has 0 saturated heterocycles. The fourth-order valence-corrected chi connectivity index (χ4v) is 2.75.